The van der Waals surface area contributed by atoms with Crippen molar-refractivity contribution in [1.29, 1.82) is 0 Å². The zero-order valence-electron chi connectivity index (χ0n) is 17.1. The molecule has 2 N–H and O–H groups in total. The largest absolute Gasteiger partial charge is 0.379 e. The van der Waals surface area contributed by atoms with Gasteiger partial charge in [-0.2, -0.15) is 0 Å². The summed E-state index contributed by atoms with van der Waals surface area (Å²) in [5.41, 5.74) is 1.18. The fourth-order valence-corrected chi connectivity index (χ4v) is 4.99. The lowest BCUT2D eigenvalue weighted by atomic mass is 10.1. The average Bonchev–Trinajstić information content (AvgIpc) is 2.75. The van der Waals surface area contributed by atoms with Gasteiger partial charge < -0.3 is 15.4 Å². The van der Waals surface area contributed by atoms with E-state index >= 15 is 0 Å². The van der Waals surface area contributed by atoms with Crippen LogP contribution in [0.5, 0.6) is 0 Å². The van der Waals surface area contributed by atoms with Gasteiger partial charge in [0.1, 0.15) is 0 Å². The quantitative estimate of drug-likeness (QED) is 0.618. The summed E-state index contributed by atoms with van der Waals surface area (Å²) in [6.07, 6.45) is 0. The molecule has 0 saturated carbocycles. The second-order valence-corrected chi connectivity index (χ2v) is 10.2. The van der Waals surface area contributed by atoms with Crippen LogP contribution in [-0.2, 0) is 14.6 Å². The molecular weight excluding hydrogens is 461 g/mol. The molecule has 1 heterocycles. The molecule has 168 valence electrons. The molecule has 2 amide bonds. The molecule has 0 aromatic heterocycles. The van der Waals surface area contributed by atoms with Crippen molar-refractivity contribution in [3.63, 3.8) is 0 Å². The maximum atomic E-state index is 12.6. The van der Waals surface area contributed by atoms with Crippen LogP contribution in [0.15, 0.2) is 47.4 Å². The van der Waals surface area contributed by atoms with Gasteiger partial charge in [0.15, 0.2) is 9.84 Å². The lowest BCUT2D eigenvalue weighted by Gasteiger charge is -2.26. The Morgan fingerprint density at radius 3 is 2.48 bits per heavy atom. The Morgan fingerprint density at radius 1 is 1.13 bits per heavy atom. The molecule has 31 heavy (non-hydrogen) atoms. The fourth-order valence-electron chi connectivity index (χ4n) is 3.23. The molecule has 1 aliphatic heterocycles. The number of morpholine rings is 1. The van der Waals surface area contributed by atoms with Crippen molar-refractivity contribution in [2.24, 2.45) is 0 Å². The molecule has 1 atom stereocenters. The Kier molecular flexibility index (Phi) is 8.18. The van der Waals surface area contributed by atoms with Gasteiger partial charge in [0.2, 0.25) is 0 Å². The van der Waals surface area contributed by atoms with E-state index in [0.717, 1.165) is 13.1 Å². The van der Waals surface area contributed by atoms with Crippen LogP contribution in [0.4, 0.5) is 10.5 Å². The third-order valence-electron chi connectivity index (χ3n) is 5.05. The molecule has 3 rings (SSSR count). The fraction of sp³-hybridized carbons (Fsp3) is 0.381. The third-order valence-corrected chi connectivity index (χ3v) is 7.59. The number of nitrogens with zero attached hydrogens (tertiary/aromatic N) is 1. The van der Waals surface area contributed by atoms with E-state index in [4.69, 9.17) is 27.9 Å². The molecule has 1 saturated heterocycles. The average molecular weight is 486 g/mol. The number of urea groups is 1. The Hall–Kier alpha value is -1.84. The SMILES string of the molecule is C[C@H](NC(=O)Nc1ccc(S(=O)(=O)CCN2CCOCC2)cc1)c1cccc(Cl)c1Cl. The van der Waals surface area contributed by atoms with E-state index < -0.39 is 15.9 Å². The maximum Gasteiger partial charge on any atom is 0.319 e. The summed E-state index contributed by atoms with van der Waals surface area (Å²) in [5.74, 6) is 0.0399. The van der Waals surface area contributed by atoms with Gasteiger partial charge in [-0.3, -0.25) is 4.90 Å². The summed E-state index contributed by atoms with van der Waals surface area (Å²) in [5, 5.41) is 6.29. The zero-order chi connectivity index (χ0) is 22.4. The molecule has 0 radical (unpaired) electrons. The smallest absolute Gasteiger partial charge is 0.319 e. The number of nitrogens with one attached hydrogen (secondary N) is 2. The highest BCUT2D eigenvalue weighted by molar-refractivity contribution is 7.91. The van der Waals surface area contributed by atoms with E-state index in [0.29, 0.717) is 41.1 Å². The molecular formula is C21H25Cl2N3O4S. The first-order chi connectivity index (χ1) is 14.8. The molecule has 1 fully saturated rings. The maximum absolute atomic E-state index is 12.6. The van der Waals surface area contributed by atoms with Crippen LogP contribution >= 0.6 is 23.2 Å². The topological polar surface area (TPSA) is 87.7 Å². The summed E-state index contributed by atoms with van der Waals surface area (Å²) in [6.45, 7) is 5.01. The first-order valence-corrected chi connectivity index (χ1v) is 12.3. The number of hydrogen-bond donors (Lipinski definition) is 2. The van der Waals surface area contributed by atoms with Crippen molar-refractivity contribution in [3.8, 4) is 0 Å². The van der Waals surface area contributed by atoms with Crippen molar-refractivity contribution in [1.82, 2.24) is 10.2 Å². The van der Waals surface area contributed by atoms with Gasteiger partial charge in [-0.1, -0.05) is 35.3 Å². The van der Waals surface area contributed by atoms with Crippen molar-refractivity contribution >= 4 is 44.8 Å². The van der Waals surface area contributed by atoms with Crippen LogP contribution in [0, 0.1) is 0 Å². The Morgan fingerprint density at radius 2 is 1.81 bits per heavy atom. The Labute approximate surface area is 192 Å². The van der Waals surface area contributed by atoms with Crippen LogP contribution in [0.1, 0.15) is 18.5 Å². The molecule has 2 aromatic carbocycles. The number of hydrogen-bond acceptors (Lipinski definition) is 5. The molecule has 0 aliphatic carbocycles. The normalized spacial score (nSPS) is 16.0. The Balaban J connectivity index is 1.55. The van der Waals surface area contributed by atoms with Crippen LogP contribution in [-0.4, -0.2) is 57.9 Å². The highest BCUT2D eigenvalue weighted by Gasteiger charge is 2.19. The monoisotopic (exact) mass is 485 g/mol. The van der Waals surface area contributed by atoms with Crippen molar-refractivity contribution in [2.45, 2.75) is 17.9 Å². The summed E-state index contributed by atoms with van der Waals surface area (Å²) in [7, 11) is -3.41. The second kappa shape index (κ2) is 10.7. The molecule has 7 nitrogen and oxygen atoms in total. The van der Waals surface area contributed by atoms with Crippen LogP contribution < -0.4 is 10.6 Å². The highest BCUT2D eigenvalue weighted by atomic mass is 35.5. The van der Waals surface area contributed by atoms with Gasteiger partial charge in [0, 0.05) is 25.3 Å². The van der Waals surface area contributed by atoms with Crippen LogP contribution in [0.25, 0.3) is 0 Å². The number of halogens is 2. The zero-order valence-corrected chi connectivity index (χ0v) is 19.4. The van der Waals surface area contributed by atoms with E-state index in [-0.39, 0.29) is 16.7 Å². The third kappa shape index (κ3) is 6.57. The number of ether oxygens (including phenoxy) is 1. The lowest BCUT2D eigenvalue weighted by Crippen LogP contribution is -2.39. The van der Waals surface area contributed by atoms with Crippen LogP contribution in [0.3, 0.4) is 0 Å². The highest BCUT2D eigenvalue weighted by Crippen LogP contribution is 2.29. The molecule has 2 aromatic rings. The van der Waals surface area contributed by atoms with Gasteiger partial charge >= 0.3 is 6.03 Å². The Bertz CT molecular complexity index is 1010. The summed E-state index contributed by atoms with van der Waals surface area (Å²) < 4.78 is 30.5. The van der Waals surface area contributed by atoms with E-state index in [1.807, 2.05) is 0 Å². The van der Waals surface area contributed by atoms with E-state index in [9.17, 15) is 13.2 Å². The first kappa shape index (κ1) is 23.8. The first-order valence-electron chi connectivity index (χ1n) is 9.90. The summed E-state index contributed by atoms with van der Waals surface area (Å²) >= 11 is 12.2. The number of carbonyl (C=O) groups excluding carboxylic acids is 1. The van der Waals surface area contributed by atoms with Gasteiger partial charge in [0.05, 0.1) is 39.9 Å². The summed E-state index contributed by atoms with van der Waals surface area (Å²) in [4.78, 5) is 14.6. The van der Waals surface area contributed by atoms with E-state index in [2.05, 4.69) is 15.5 Å². The number of anilines is 1. The number of amides is 2. The van der Waals surface area contributed by atoms with Gasteiger partial charge in [0.25, 0.3) is 0 Å². The standard InChI is InChI=1S/C21H25Cl2N3O4S/c1-15(18-3-2-4-19(22)20(18)23)24-21(27)25-16-5-7-17(8-6-16)31(28,29)14-11-26-9-12-30-13-10-26/h2-8,15H,9-14H2,1H3,(H2,24,25,27)/t15-/m0/s1. The van der Waals surface area contributed by atoms with E-state index in [1.54, 1.807) is 37.3 Å². The molecule has 10 heteroatoms. The summed E-state index contributed by atoms with van der Waals surface area (Å²) in [6, 6.07) is 10.6. The molecule has 0 spiro atoms. The second-order valence-electron chi connectivity index (χ2n) is 7.26. The molecule has 0 bridgehead atoms. The van der Waals surface area contributed by atoms with Crippen molar-refractivity contribution in [2.75, 3.05) is 43.9 Å². The minimum Gasteiger partial charge on any atom is -0.379 e. The molecule has 1 aliphatic rings. The number of sulfone groups is 1. The van der Waals surface area contributed by atoms with Gasteiger partial charge in [-0.15, -0.1) is 0 Å². The minimum absolute atomic E-state index is 0.0399. The van der Waals surface area contributed by atoms with Crippen LogP contribution in [0.2, 0.25) is 10.0 Å². The van der Waals surface area contributed by atoms with Crippen molar-refractivity contribution < 1.29 is 17.9 Å². The predicted octanol–water partition coefficient (Wildman–Crippen LogP) is 3.98. The van der Waals surface area contributed by atoms with Gasteiger partial charge in [-0.05, 0) is 42.8 Å². The predicted molar refractivity (Wildman–Crippen MR) is 123 cm³/mol. The molecule has 0 unspecified atom stereocenters. The number of carbonyl (C=O) groups is 1. The number of rotatable bonds is 7. The van der Waals surface area contributed by atoms with E-state index in [1.165, 1.54) is 12.1 Å². The van der Waals surface area contributed by atoms with Crippen molar-refractivity contribution in [3.05, 3.63) is 58.1 Å². The number of benzene rings is 2. The minimum atomic E-state index is -3.41. The lowest BCUT2D eigenvalue weighted by molar-refractivity contribution is 0.0408. The van der Waals surface area contributed by atoms with Gasteiger partial charge in [-0.25, -0.2) is 13.2 Å².